The van der Waals surface area contributed by atoms with Crippen LogP contribution in [0.5, 0.6) is 11.5 Å². The first-order valence-corrected chi connectivity index (χ1v) is 6.01. The topological polar surface area (TPSA) is 47.6 Å². The standard InChI is InChI=1S/C12H14ClF2NO3/c1-7(6-13)11(17)16-8-3-4-9(18-2)10(5-8)19-12(14)15/h3-5,7,12H,6H2,1-2H3,(H,16,17). The van der Waals surface area contributed by atoms with Crippen molar-refractivity contribution in [1.29, 1.82) is 0 Å². The third-order valence-corrected chi connectivity index (χ3v) is 2.79. The summed E-state index contributed by atoms with van der Waals surface area (Å²) in [7, 11) is 1.33. The van der Waals surface area contributed by atoms with Crippen molar-refractivity contribution in [2.24, 2.45) is 5.92 Å². The first-order chi connectivity index (χ1) is 8.97. The highest BCUT2D eigenvalue weighted by Gasteiger charge is 2.15. The quantitative estimate of drug-likeness (QED) is 0.820. The molecule has 0 heterocycles. The molecule has 0 saturated carbocycles. The number of anilines is 1. The van der Waals surface area contributed by atoms with Crippen molar-refractivity contribution in [1.82, 2.24) is 0 Å². The van der Waals surface area contributed by atoms with Gasteiger partial charge >= 0.3 is 6.61 Å². The smallest absolute Gasteiger partial charge is 0.387 e. The fraction of sp³-hybridized carbons (Fsp3) is 0.417. The molecule has 0 saturated heterocycles. The predicted octanol–water partition coefficient (Wildman–Crippen LogP) is 3.11. The molecule has 7 heteroatoms. The molecule has 4 nitrogen and oxygen atoms in total. The van der Waals surface area contributed by atoms with Crippen LogP contribution >= 0.6 is 11.6 Å². The molecule has 0 aliphatic rings. The maximum atomic E-state index is 12.2. The first-order valence-electron chi connectivity index (χ1n) is 5.47. The van der Waals surface area contributed by atoms with Crippen molar-refractivity contribution in [3.63, 3.8) is 0 Å². The molecule has 1 atom stereocenters. The largest absolute Gasteiger partial charge is 0.493 e. The molecule has 0 aliphatic carbocycles. The number of hydrogen-bond acceptors (Lipinski definition) is 3. The highest BCUT2D eigenvalue weighted by atomic mass is 35.5. The number of halogens is 3. The summed E-state index contributed by atoms with van der Waals surface area (Å²) in [5.74, 6) is -0.508. The summed E-state index contributed by atoms with van der Waals surface area (Å²) >= 11 is 5.56. The van der Waals surface area contributed by atoms with E-state index in [0.717, 1.165) is 0 Å². The molecular weight excluding hydrogens is 280 g/mol. The number of rotatable bonds is 6. The van der Waals surface area contributed by atoms with Gasteiger partial charge < -0.3 is 14.8 Å². The summed E-state index contributed by atoms with van der Waals surface area (Å²) < 4.78 is 33.7. The normalized spacial score (nSPS) is 12.1. The second-order valence-electron chi connectivity index (χ2n) is 3.79. The van der Waals surface area contributed by atoms with E-state index in [1.165, 1.54) is 25.3 Å². The predicted molar refractivity (Wildman–Crippen MR) is 68.1 cm³/mol. The summed E-state index contributed by atoms with van der Waals surface area (Å²) in [6.45, 7) is -1.32. The van der Waals surface area contributed by atoms with Gasteiger partial charge in [-0.15, -0.1) is 11.6 Å². The van der Waals surface area contributed by atoms with Gasteiger partial charge in [0.15, 0.2) is 11.5 Å². The number of carbonyl (C=O) groups is 1. The van der Waals surface area contributed by atoms with Crippen LogP contribution in [0.15, 0.2) is 18.2 Å². The average molecular weight is 294 g/mol. The summed E-state index contributed by atoms with van der Waals surface area (Å²) in [5, 5.41) is 2.55. The zero-order valence-electron chi connectivity index (χ0n) is 10.5. The molecule has 1 aromatic rings. The van der Waals surface area contributed by atoms with E-state index < -0.39 is 6.61 Å². The van der Waals surface area contributed by atoms with Crippen molar-refractivity contribution in [2.75, 3.05) is 18.3 Å². The van der Waals surface area contributed by atoms with E-state index in [2.05, 4.69) is 10.1 Å². The first kappa shape index (κ1) is 15.5. The van der Waals surface area contributed by atoms with Gasteiger partial charge in [-0.2, -0.15) is 8.78 Å². The van der Waals surface area contributed by atoms with E-state index in [-0.39, 0.29) is 29.2 Å². The lowest BCUT2D eigenvalue weighted by atomic mass is 10.2. The molecule has 1 amide bonds. The fourth-order valence-corrected chi connectivity index (χ4v) is 1.42. The average Bonchev–Trinajstić information content (AvgIpc) is 2.37. The SMILES string of the molecule is COc1ccc(NC(=O)C(C)CCl)cc1OC(F)F. The number of nitrogens with one attached hydrogen (secondary N) is 1. The van der Waals surface area contributed by atoms with E-state index in [1.807, 2.05) is 0 Å². The Morgan fingerprint density at radius 1 is 1.42 bits per heavy atom. The molecule has 0 radical (unpaired) electrons. The lowest BCUT2D eigenvalue weighted by molar-refractivity contribution is -0.118. The Morgan fingerprint density at radius 2 is 2.11 bits per heavy atom. The minimum atomic E-state index is -2.97. The van der Waals surface area contributed by atoms with Crippen LogP contribution in [0.4, 0.5) is 14.5 Å². The minimum Gasteiger partial charge on any atom is -0.493 e. The van der Waals surface area contributed by atoms with Crippen molar-refractivity contribution >= 4 is 23.2 Å². The van der Waals surface area contributed by atoms with Crippen LogP contribution in [-0.2, 0) is 4.79 Å². The number of alkyl halides is 3. The Balaban J connectivity index is 2.88. The van der Waals surface area contributed by atoms with Crippen LogP contribution in [0.25, 0.3) is 0 Å². The van der Waals surface area contributed by atoms with E-state index in [9.17, 15) is 13.6 Å². The summed E-state index contributed by atoms with van der Waals surface area (Å²) in [6, 6.07) is 4.22. The molecule has 1 aromatic carbocycles. The van der Waals surface area contributed by atoms with Crippen LogP contribution in [0.1, 0.15) is 6.92 Å². The number of benzene rings is 1. The van der Waals surface area contributed by atoms with Crippen LogP contribution < -0.4 is 14.8 Å². The maximum Gasteiger partial charge on any atom is 0.387 e. The van der Waals surface area contributed by atoms with Gasteiger partial charge in [0.2, 0.25) is 5.91 Å². The zero-order valence-corrected chi connectivity index (χ0v) is 11.2. The Kier molecular flexibility index (Phi) is 5.82. The molecule has 0 spiro atoms. The van der Waals surface area contributed by atoms with E-state index in [0.29, 0.717) is 5.69 Å². The molecule has 0 fully saturated rings. The van der Waals surface area contributed by atoms with Gasteiger partial charge in [0, 0.05) is 23.6 Å². The zero-order chi connectivity index (χ0) is 14.4. The molecule has 106 valence electrons. The molecule has 0 aliphatic heterocycles. The van der Waals surface area contributed by atoms with Crippen LogP contribution in [0.3, 0.4) is 0 Å². The van der Waals surface area contributed by atoms with Gasteiger partial charge in [-0.25, -0.2) is 0 Å². The maximum absolute atomic E-state index is 12.2. The number of ether oxygens (including phenoxy) is 2. The third kappa shape index (κ3) is 4.55. The lowest BCUT2D eigenvalue weighted by Crippen LogP contribution is -2.21. The monoisotopic (exact) mass is 293 g/mol. The Bertz CT molecular complexity index is 443. The second kappa shape index (κ2) is 7.13. The van der Waals surface area contributed by atoms with E-state index in [4.69, 9.17) is 16.3 Å². The number of methoxy groups -OCH3 is 1. The van der Waals surface area contributed by atoms with Gasteiger partial charge in [0.05, 0.1) is 7.11 Å². The fourth-order valence-electron chi connectivity index (χ4n) is 1.28. The van der Waals surface area contributed by atoms with Crippen LogP contribution in [0.2, 0.25) is 0 Å². The number of amides is 1. The molecule has 0 aromatic heterocycles. The van der Waals surface area contributed by atoms with E-state index in [1.54, 1.807) is 6.92 Å². The molecule has 1 N–H and O–H groups in total. The number of hydrogen-bond donors (Lipinski definition) is 1. The van der Waals surface area contributed by atoms with Crippen molar-refractivity contribution in [3.8, 4) is 11.5 Å². The van der Waals surface area contributed by atoms with Gasteiger partial charge in [0.25, 0.3) is 0 Å². The molecule has 19 heavy (non-hydrogen) atoms. The van der Waals surface area contributed by atoms with Gasteiger partial charge in [-0.1, -0.05) is 6.92 Å². The summed E-state index contributed by atoms with van der Waals surface area (Å²) in [5.41, 5.74) is 0.332. The van der Waals surface area contributed by atoms with Crippen LogP contribution in [0, 0.1) is 5.92 Å². The summed E-state index contributed by atoms with van der Waals surface area (Å²) in [4.78, 5) is 11.6. The van der Waals surface area contributed by atoms with E-state index >= 15 is 0 Å². The number of carbonyl (C=O) groups excluding carboxylic acids is 1. The van der Waals surface area contributed by atoms with Gasteiger partial charge in [0.1, 0.15) is 0 Å². The second-order valence-corrected chi connectivity index (χ2v) is 4.10. The Labute approximate surface area is 114 Å². The van der Waals surface area contributed by atoms with Crippen LogP contribution in [-0.4, -0.2) is 25.5 Å². The van der Waals surface area contributed by atoms with Crippen molar-refractivity contribution in [2.45, 2.75) is 13.5 Å². The molecule has 1 rings (SSSR count). The Hall–Kier alpha value is -1.56. The molecule has 0 bridgehead atoms. The van der Waals surface area contributed by atoms with Gasteiger partial charge in [-0.05, 0) is 12.1 Å². The summed E-state index contributed by atoms with van der Waals surface area (Å²) in [6.07, 6.45) is 0. The van der Waals surface area contributed by atoms with Crippen molar-refractivity contribution in [3.05, 3.63) is 18.2 Å². The minimum absolute atomic E-state index is 0.145. The molecule has 1 unspecified atom stereocenters. The third-order valence-electron chi connectivity index (χ3n) is 2.33. The van der Waals surface area contributed by atoms with Crippen molar-refractivity contribution < 1.29 is 23.0 Å². The highest BCUT2D eigenvalue weighted by Crippen LogP contribution is 2.31. The van der Waals surface area contributed by atoms with Gasteiger partial charge in [-0.3, -0.25) is 4.79 Å². The molecular formula is C12H14ClF2NO3. The highest BCUT2D eigenvalue weighted by molar-refractivity contribution is 6.19. The Morgan fingerprint density at radius 3 is 2.63 bits per heavy atom. The lowest BCUT2D eigenvalue weighted by Gasteiger charge is -2.13.